The normalized spacial score (nSPS) is 7.76. The lowest BCUT2D eigenvalue weighted by molar-refractivity contribution is 1.37. The molecule has 0 aliphatic heterocycles. The molecule has 0 fully saturated rings. The molecule has 0 saturated carbocycles. The molecule has 0 radical (unpaired) electrons. The number of allylic oxidation sites excluding steroid dienone is 2. The number of benzene rings is 1. The summed E-state index contributed by atoms with van der Waals surface area (Å²) < 4.78 is 0. The van der Waals surface area contributed by atoms with E-state index in [2.05, 4.69) is 5.32 Å². The maximum Gasteiger partial charge on any atom is 0.163 e. The Morgan fingerprint density at radius 3 is 1.88 bits per heavy atom. The highest BCUT2D eigenvalue weighted by atomic mass is 14.9. The Hall–Kier alpha value is -3.28. The van der Waals surface area contributed by atoms with Crippen LogP contribution in [0.25, 0.3) is 0 Å². The fourth-order valence-corrected chi connectivity index (χ4v) is 1.06. The third-order valence-corrected chi connectivity index (χ3v) is 1.87. The van der Waals surface area contributed by atoms with E-state index in [4.69, 9.17) is 21.0 Å². The summed E-state index contributed by atoms with van der Waals surface area (Å²) in [6.07, 6.45) is 0. The van der Waals surface area contributed by atoms with Gasteiger partial charge in [-0.05, 0) is 24.3 Å². The minimum absolute atomic E-state index is 0.111. The predicted octanol–water partition coefficient (Wildman–Crippen LogP) is 1.80. The number of nitrogens with one attached hydrogen (secondary N) is 1. The van der Waals surface area contributed by atoms with E-state index in [1.165, 1.54) is 0 Å². The first-order chi connectivity index (χ1) is 8.24. The highest BCUT2D eigenvalue weighted by Gasteiger charge is 2.05. The van der Waals surface area contributed by atoms with Gasteiger partial charge < -0.3 is 5.32 Å². The number of hydrogen-bond acceptors (Lipinski definition) is 5. The Balaban J connectivity index is 3.04. The van der Waals surface area contributed by atoms with Crippen LogP contribution < -0.4 is 5.32 Å². The van der Waals surface area contributed by atoms with Gasteiger partial charge in [0, 0.05) is 5.69 Å². The van der Waals surface area contributed by atoms with Gasteiger partial charge in [0.15, 0.2) is 5.57 Å². The van der Waals surface area contributed by atoms with Gasteiger partial charge in [0.2, 0.25) is 0 Å². The van der Waals surface area contributed by atoms with E-state index in [1.54, 1.807) is 42.5 Å². The van der Waals surface area contributed by atoms with Crippen molar-refractivity contribution in [1.29, 1.82) is 21.0 Å². The summed E-state index contributed by atoms with van der Waals surface area (Å²) in [6, 6.07) is 13.3. The molecule has 0 aliphatic carbocycles. The zero-order valence-corrected chi connectivity index (χ0v) is 8.60. The molecule has 0 aromatic heterocycles. The van der Waals surface area contributed by atoms with Crippen molar-refractivity contribution < 1.29 is 0 Å². The molecule has 0 bridgehead atoms. The minimum atomic E-state index is -0.281. The molecule has 5 heteroatoms. The van der Waals surface area contributed by atoms with Crippen molar-refractivity contribution >= 4 is 5.69 Å². The zero-order valence-electron chi connectivity index (χ0n) is 8.60. The van der Waals surface area contributed by atoms with Gasteiger partial charge in [0.1, 0.15) is 23.9 Å². The molecule has 1 aromatic carbocycles. The van der Waals surface area contributed by atoms with Gasteiger partial charge in [-0.2, -0.15) is 21.0 Å². The van der Waals surface area contributed by atoms with Gasteiger partial charge in [-0.25, -0.2) is 0 Å². The number of rotatable bonds is 2. The first-order valence-corrected chi connectivity index (χ1v) is 4.47. The van der Waals surface area contributed by atoms with Gasteiger partial charge in [0.25, 0.3) is 0 Å². The molecule has 1 N–H and O–H groups in total. The maximum atomic E-state index is 8.80. The average Bonchev–Trinajstić information content (AvgIpc) is 2.39. The van der Waals surface area contributed by atoms with Crippen LogP contribution >= 0.6 is 0 Å². The van der Waals surface area contributed by atoms with Gasteiger partial charge in [-0.15, -0.1) is 0 Å². The standard InChI is InChI=1S/C12H5N5/c13-5-9-1-3-11(4-2-9)17-12(8-16)10(6-14)7-15/h1-4,17H. The third kappa shape index (κ3) is 2.83. The van der Waals surface area contributed by atoms with E-state index in [-0.39, 0.29) is 11.3 Å². The first-order valence-electron chi connectivity index (χ1n) is 4.47. The first kappa shape index (κ1) is 11.8. The van der Waals surface area contributed by atoms with Crippen LogP contribution in [0.5, 0.6) is 0 Å². The topological polar surface area (TPSA) is 107 Å². The quantitative estimate of drug-likeness (QED) is 0.763. The molecule has 0 amide bonds. The molecule has 0 unspecified atom stereocenters. The van der Waals surface area contributed by atoms with Gasteiger partial charge in [-0.1, -0.05) is 0 Å². The Morgan fingerprint density at radius 1 is 0.882 bits per heavy atom. The number of hydrogen-bond donors (Lipinski definition) is 1. The van der Waals surface area contributed by atoms with E-state index in [1.807, 2.05) is 6.07 Å². The highest BCUT2D eigenvalue weighted by molar-refractivity contribution is 5.59. The van der Waals surface area contributed by atoms with E-state index < -0.39 is 0 Å². The molecule has 0 saturated heterocycles. The lowest BCUT2D eigenvalue weighted by Crippen LogP contribution is -2.00. The summed E-state index contributed by atoms with van der Waals surface area (Å²) in [5.74, 6) is 0. The molecule has 0 heterocycles. The van der Waals surface area contributed by atoms with Crippen LogP contribution in [-0.2, 0) is 0 Å². The van der Waals surface area contributed by atoms with Crippen molar-refractivity contribution in [2.24, 2.45) is 0 Å². The van der Waals surface area contributed by atoms with Gasteiger partial charge in [-0.3, -0.25) is 0 Å². The summed E-state index contributed by atoms with van der Waals surface area (Å²) in [6.45, 7) is 0. The van der Waals surface area contributed by atoms with E-state index in [9.17, 15) is 0 Å². The summed E-state index contributed by atoms with van der Waals surface area (Å²) in [7, 11) is 0. The summed E-state index contributed by atoms with van der Waals surface area (Å²) >= 11 is 0. The summed E-state index contributed by atoms with van der Waals surface area (Å²) in [5, 5.41) is 37.3. The lowest BCUT2D eigenvalue weighted by atomic mass is 10.2. The molecule has 5 nitrogen and oxygen atoms in total. The summed E-state index contributed by atoms with van der Waals surface area (Å²) in [5.41, 5.74) is 0.624. The van der Waals surface area contributed by atoms with E-state index in [0.29, 0.717) is 11.3 Å². The second kappa shape index (κ2) is 5.56. The monoisotopic (exact) mass is 219 g/mol. The Morgan fingerprint density at radius 2 is 1.47 bits per heavy atom. The van der Waals surface area contributed by atoms with Gasteiger partial charge >= 0.3 is 0 Å². The Labute approximate surface area is 98.1 Å². The second-order valence-corrected chi connectivity index (χ2v) is 2.90. The zero-order chi connectivity index (χ0) is 12.7. The van der Waals surface area contributed by atoms with Crippen LogP contribution in [-0.4, -0.2) is 0 Å². The average molecular weight is 219 g/mol. The van der Waals surface area contributed by atoms with Crippen molar-refractivity contribution in [1.82, 2.24) is 0 Å². The number of anilines is 1. The Kier molecular flexibility index (Phi) is 3.86. The van der Waals surface area contributed by atoms with Crippen molar-refractivity contribution in [3.8, 4) is 24.3 Å². The molecular weight excluding hydrogens is 214 g/mol. The maximum absolute atomic E-state index is 8.80. The second-order valence-electron chi connectivity index (χ2n) is 2.90. The lowest BCUT2D eigenvalue weighted by Gasteiger charge is -2.03. The van der Waals surface area contributed by atoms with Crippen LogP contribution in [0.1, 0.15) is 5.56 Å². The third-order valence-electron chi connectivity index (χ3n) is 1.87. The van der Waals surface area contributed by atoms with Crippen molar-refractivity contribution in [2.75, 3.05) is 5.32 Å². The van der Waals surface area contributed by atoms with Crippen LogP contribution in [0.15, 0.2) is 35.5 Å². The van der Waals surface area contributed by atoms with Crippen molar-refractivity contribution in [3.63, 3.8) is 0 Å². The van der Waals surface area contributed by atoms with Crippen LogP contribution in [0.2, 0.25) is 0 Å². The fraction of sp³-hybridized carbons (Fsp3) is 0. The highest BCUT2D eigenvalue weighted by Crippen LogP contribution is 2.13. The number of nitriles is 4. The largest absolute Gasteiger partial charge is 0.345 e. The predicted molar refractivity (Wildman–Crippen MR) is 58.6 cm³/mol. The van der Waals surface area contributed by atoms with Crippen LogP contribution in [0, 0.1) is 45.3 Å². The molecule has 0 spiro atoms. The molecule has 17 heavy (non-hydrogen) atoms. The SMILES string of the molecule is N#CC(C#N)=C(C#N)Nc1ccc(C#N)cc1. The van der Waals surface area contributed by atoms with Crippen LogP contribution in [0.3, 0.4) is 0 Å². The number of nitrogens with zero attached hydrogens (tertiary/aromatic N) is 4. The molecule has 78 valence electrons. The summed E-state index contributed by atoms with van der Waals surface area (Å²) in [4.78, 5) is 0. The molecule has 1 rings (SSSR count). The van der Waals surface area contributed by atoms with E-state index >= 15 is 0 Å². The van der Waals surface area contributed by atoms with Crippen molar-refractivity contribution in [2.45, 2.75) is 0 Å². The molecule has 0 atom stereocenters. The smallest absolute Gasteiger partial charge is 0.163 e. The minimum Gasteiger partial charge on any atom is -0.345 e. The van der Waals surface area contributed by atoms with Gasteiger partial charge in [0.05, 0.1) is 11.6 Å². The van der Waals surface area contributed by atoms with Crippen molar-refractivity contribution in [3.05, 3.63) is 41.1 Å². The Bertz CT molecular complexity index is 595. The molecule has 0 aliphatic rings. The molecular formula is C12H5N5. The van der Waals surface area contributed by atoms with E-state index in [0.717, 1.165) is 0 Å². The fourth-order valence-electron chi connectivity index (χ4n) is 1.06. The molecule has 1 aromatic rings. The van der Waals surface area contributed by atoms with Crippen LogP contribution in [0.4, 0.5) is 5.69 Å².